The zero-order valence-corrected chi connectivity index (χ0v) is 12.8. The van der Waals surface area contributed by atoms with Crippen LogP contribution in [0.5, 0.6) is 0 Å². The molecule has 2 rings (SSSR count). The molecule has 0 aliphatic rings. The standard InChI is InChI=1S/C17H15F3N2O2/c1-10(23)11-3-2-4-12(9-11)21-8-7-15(24)22-14-6-5-13(18)16(19)17(14)20/h2-6,9,21H,7-8H2,1H3,(H,22,24). The molecule has 0 unspecified atom stereocenters. The number of ketones is 1. The van der Waals surface area contributed by atoms with Crippen LogP contribution in [0.1, 0.15) is 23.7 Å². The van der Waals surface area contributed by atoms with Gasteiger partial charge in [-0.05, 0) is 31.2 Å². The Kier molecular flexibility index (Phi) is 5.57. The Morgan fingerprint density at radius 2 is 1.79 bits per heavy atom. The molecule has 0 radical (unpaired) electrons. The molecule has 0 aliphatic heterocycles. The van der Waals surface area contributed by atoms with E-state index in [1.54, 1.807) is 24.3 Å². The average Bonchev–Trinajstić information content (AvgIpc) is 2.56. The van der Waals surface area contributed by atoms with E-state index in [1.807, 2.05) is 0 Å². The van der Waals surface area contributed by atoms with Crippen molar-refractivity contribution >= 4 is 23.1 Å². The maximum atomic E-state index is 13.5. The molecule has 126 valence electrons. The average molecular weight is 336 g/mol. The molecule has 0 saturated carbocycles. The molecule has 0 spiro atoms. The number of Topliss-reactive ketones (excluding diaryl/α,β-unsaturated/α-hetero) is 1. The van der Waals surface area contributed by atoms with Gasteiger partial charge < -0.3 is 10.6 Å². The lowest BCUT2D eigenvalue weighted by Crippen LogP contribution is -2.17. The Morgan fingerprint density at radius 1 is 1.04 bits per heavy atom. The van der Waals surface area contributed by atoms with Crippen molar-refractivity contribution in [3.8, 4) is 0 Å². The zero-order chi connectivity index (χ0) is 17.7. The minimum absolute atomic E-state index is 0.0251. The van der Waals surface area contributed by atoms with Crippen LogP contribution in [-0.2, 0) is 4.79 Å². The fourth-order valence-electron chi connectivity index (χ4n) is 2.00. The number of hydrogen-bond donors (Lipinski definition) is 2. The Labute approximate surface area is 136 Å². The lowest BCUT2D eigenvalue weighted by Gasteiger charge is -2.09. The van der Waals surface area contributed by atoms with Gasteiger partial charge in [0, 0.05) is 24.2 Å². The van der Waals surface area contributed by atoms with Crippen LogP contribution < -0.4 is 10.6 Å². The Morgan fingerprint density at radius 3 is 2.50 bits per heavy atom. The molecule has 2 aromatic rings. The number of benzene rings is 2. The van der Waals surface area contributed by atoms with Gasteiger partial charge in [-0.2, -0.15) is 0 Å². The normalized spacial score (nSPS) is 10.3. The number of carbonyl (C=O) groups excluding carboxylic acids is 2. The van der Waals surface area contributed by atoms with Crippen LogP contribution in [0.25, 0.3) is 0 Å². The second-order valence-corrected chi connectivity index (χ2v) is 5.08. The third-order valence-electron chi connectivity index (χ3n) is 3.26. The molecule has 2 N–H and O–H groups in total. The van der Waals surface area contributed by atoms with Crippen LogP contribution in [0.15, 0.2) is 36.4 Å². The predicted octanol–water partition coefficient (Wildman–Crippen LogP) is 3.75. The topological polar surface area (TPSA) is 58.2 Å². The van der Waals surface area contributed by atoms with Crippen molar-refractivity contribution in [3.05, 3.63) is 59.4 Å². The molecule has 1 amide bonds. The van der Waals surface area contributed by atoms with Gasteiger partial charge in [-0.25, -0.2) is 13.2 Å². The Bertz CT molecular complexity index is 778. The zero-order valence-electron chi connectivity index (χ0n) is 12.8. The molecule has 2 aromatic carbocycles. The van der Waals surface area contributed by atoms with E-state index in [2.05, 4.69) is 10.6 Å². The fourth-order valence-corrected chi connectivity index (χ4v) is 2.00. The molecule has 4 nitrogen and oxygen atoms in total. The summed E-state index contributed by atoms with van der Waals surface area (Å²) in [7, 11) is 0. The summed E-state index contributed by atoms with van der Waals surface area (Å²) in [5.41, 5.74) is 0.778. The minimum atomic E-state index is -1.63. The SMILES string of the molecule is CC(=O)c1cccc(NCCC(=O)Nc2ccc(F)c(F)c2F)c1. The quantitative estimate of drug-likeness (QED) is 0.624. The first-order valence-corrected chi connectivity index (χ1v) is 7.16. The van der Waals surface area contributed by atoms with E-state index < -0.39 is 29.0 Å². The molecule has 0 heterocycles. The van der Waals surface area contributed by atoms with Gasteiger partial charge in [0.05, 0.1) is 5.69 Å². The summed E-state index contributed by atoms with van der Waals surface area (Å²) in [5.74, 6) is -5.03. The highest BCUT2D eigenvalue weighted by molar-refractivity contribution is 5.95. The van der Waals surface area contributed by atoms with Gasteiger partial charge >= 0.3 is 0 Å². The van der Waals surface area contributed by atoms with E-state index in [0.29, 0.717) is 11.3 Å². The Hall–Kier alpha value is -2.83. The number of rotatable bonds is 6. The lowest BCUT2D eigenvalue weighted by atomic mass is 10.1. The van der Waals surface area contributed by atoms with Crippen LogP contribution in [0.4, 0.5) is 24.5 Å². The number of carbonyl (C=O) groups is 2. The van der Waals surface area contributed by atoms with Crippen LogP contribution >= 0.6 is 0 Å². The molecular formula is C17H15F3N2O2. The number of nitrogens with one attached hydrogen (secondary N) is 2. The second-order valence-electron chi connectivity index (χ2n) is 5.08. The largest absolute Gasteiger partial charge is 0.385 e. The maximum Gasteiger partial charge on any atom is 0.226 e. The smallest absolute Gasteiger partial charge is 0.226 e. The summed E-state index contributed by atoms with van der Waals surface area (Å²) in [5, 5.41) is 5.13. The van der Waals surface area contributed by atoms with Crippen molar-refractivity contribution in [3.63, 3.8) is 0 Å². The lowest BCUT2D eigenvalue weighted by molar-refractivity contribution is -0.116. The van der Waals surface area contributed by atoms with Gasteiger partial charge in [0.1, 0.15) is 0 Å². The predicted molar refractivity (Wildman–Crippen MR) is 84.5 cm³/mol. The van der Waals surface area contributed by atoms with E-state index >= 15 is 0 Å². The van der Waals surface area contributed by atoms with Gasteiger partial charge in [-0.1, -0.05) is 12.1 Å². The summed E-state index contributed by atoms with van der Waals surface area (Å²) in [6.07, 6.45) is -0.0251. The molecule has 0 saturated heterocycles. The monoisotopic (exact) mass is 336 g/mol. The second kappa shape index (κ2) is 7.63. The van der Waals surface area contributed by atoms with E-state index in [0.717, 1.165) is 12.1 Å². The van der Waals surface area contributed by atoms with Crippen molar-refractivity contribution in [2.24, 2.45) is 0 Å². The number of amides is 1. The summed E-state index contributed by atoms with van der Waals surface area (Å²) in [4.78, 5) is 23.0. The van der Waals surface area contributed by atoms with Crippen molar-refractivity contribution in [1.29, 1.82) is 0 Å². The van der Waals surface area contributed by atoms with E-state index in [1.165, 1.54) is 6.92 Å². The highest BCUT2D eigenvalue weighted by Crippen LogP contribution is 2.19. The molecule has 7 heteroatoms. The fraction of sp³-hybridized carbons (Fsp3) is 0.176. The summed E-state index contributed by atoms with van der Waals surface area (Å²) in [6, 6.07) is 8.45. The van der Waals surface area contributed by atoms with E-state index in [9.17, 15) is 22.8 Å². The van der Waals surface area contributed by atoms with Crippen molar-refractivity contribution in [2.75, 3.05) is 17.2 Å². The van der Waals surface area contributed by atoms with E-state index in [4.69, 9.17) is 0 Å². The summed E-state index contributed by atoms with van der Waals surface area (Å²) < 4.78 is 39.3. The first-order valence-electron chi connectivity index (χ1n) is 7.16. The highest BCUT2D eigenvalue weighted by Gasteiger charge is 2.15. The van der Waals surface area contributed by atoms with Crippen LogP contribution in [-0.4, -0.2) is 18.2 Å². The van der Waals surface area contributed by atoms with Crippen LogP contribution in [0, 0.1) is 17.5 Å². The molecule has 0 fully saturated rings. The van der Waals surface area contributed by atoms with E-state index in [-0.39, 0.29) is 18.7 Å². The third kappa shape index (κ3) is 4.34. The molecular weight excluding hydrogens is 321 g/mol. The van der Waals surface area contributed by atoms with Crippen molar-refractivity contribution in [1.82, 2.24) is 0 Å². The molecule has 24 heavy (non-hydrogen) atoms. The molecule has 0 bridgehead atoms. The molecule has 0 aromatic heterocycles. The third-order valence-corrected chi connectivity index (χ3v) is 3.26. The van der Waals surface area contributed by atoms with Gasteiger partial charge in [0.2, 0.25) is 5.91 Å². The summed E-state index contributed by atoms with van der Waals surface area (Å²) >= 11 is 0. The first-order chi connectivity index (χ1) is 11.4. The van der Waals surface area contributed by atoms with Gasteiger partial charge in [0.15, 0.2) is 23.2 Å². The van der Waals surface area contributed by atoms with Gasteiger partial charge in [0.25, 0.3) is 0 Å². The first kappa shape index (κ1) is 17.5. The summed E-state index contributed by atoms with van der Waals surface area (Å²) in [6.45, 7) is 1.67. The minimum Gasteiger partial charge on any atom is -0.385 e. The highest BCUT2D eigenvalue weighted by atomic mass is 19.2. The number of halogens is 3. The van der Waals surface area contributed by atoms with Gasteiger partial charge in [-0.3, -0.25) is 9.59 Å². The van der Waals surface area contributed by atoms with Crippen molar-refractivity contribution in [2.45, 2.75) is 13.3 Å². The number of hydrogen-bond acceptors (Lipinski definition) is 3. The van der Waals surface area contributed by atoms with Crippen molar-refractivity contribution < 1.29 is 22.8 Å². The Balaban J connectivity index is 1.89. The molecule has 0 atom stereocenters. The number of anilines is 2. The van der Waals surface area contributed by atoms with Crippen LogP contribution in [0.2, 0.25) is 0 Å². The van der Waals surface area contributed by atoms with Gasteiger partial charge in [-0.15, -0.1) is 0 Å². The molecule has 0 aliphatic carbocycles. The maximum absolute atomic E-state index is 13.5. The van der Waals surface area contributed by atoms with Crippen LogP contribution in [0.3, 0.4) is 0 Å².